The molecule has 1 fully saturated rings. The lowest BCUT2D eigenvalue weighted by molar-refractivity contribution is -0.122. The summed E-state index contributed by atoms with van der Waals surface area (Å²) < 4.78 is 0. The molecule has 2 atom stereocenters. The highest BCUT2D eigenvalue weighted by Gasteiger charge is 2.31. The fourth-order valence-electron chi connectivity index (χ4n) is 3.32. The molecule has 1 amide bonds. The fourth-order valence-corrected chi connectivity index (χ4v) is 3.32. The van der Waals surface area contributed by atoms with E-state index in [0.29, 0.717) is 25.4 Å². The quantitative estimate of drug-likeness (QED) is 0.774. The van der Waals surface area contributed by atoms with Crippen LogP contribution in [-0.2, 0) is 11.3 Å². The van der Waals surface area contributed by atoms with Crippen molar-refractivity contribution in [1.29, 1.82) is 0 Å². The van der Waals surface area contributed by atoms with Gasteiger partial charge in [0.25, 0.3) is 0 Å². The molecule has 0 aliphatic carbocycles. The molecule has 1 saturated heterocycles. The summed E-state index contributed by atoms with van der Waals surface area (Å²) in [5, 5.41) is 13.0. The molecule has 0 bridgehead atoms. The van der Waals surface area contributed by atoms with Crippen molar-refractivity contribution in [1.82, 2.24) is 10.2 Å². The zero-order valence-electron chi connectivity index (χ0n) is 14.4. The highest BCUT2D eigenvalue weighted by atomic mass is 16.3. The molecule has 0 aromatic heterocycles. The van der Waals surface area contributed by atoms with Gasteiger partial charge in [-0.1, -0.05) is 57.0 Å². The second-order valence-electron chi connectivity index (χ2n) is 6.65. The number of amides is 1. The number of hydrogen-bond acceptors (Lipinski definition) is 3. The van der Waals surface area contributed by atoms with Gasteiger partial charge in [0, 0.05) is 32.1 Å². The molecule has 1 aliphatic rings. The Bertz CT molecular complexity index is 474. The Morgan fingerprint density at radius 1 is 1.30 bits per heavy atom. The molecule has 0 radical (unpaired) electrons. The predicted octanol–water partition coefficient (Wildman–Crippen LogP) is 2.56. The van der Waals surface area contributed by atoms with Gasteiger partial charge in [0.05, 0.1) is 6.10 Å². The van der Waals surface area contributed by atoms with Crippen LogP contribution in [0.15, 0.2) is 30.3 Å². The molecule has 4 nitrogen and oxygen atoms in total. The highest BCUT2D eigenvalue weighted by molar-refractivity contribution is 5.76. The van der Waals surface area contributed by atoms with E-state index in [1.54, 1.807) is 0 Å². The van der Waals surface area contributed by atoms with Gasteiger partial charge in [-0.05, 0) is 17.9 Å². The molecule has 2 N–H and O–H groups in total. The van der Waals surface area contributed by atoms with Gasteiger partial charge in [-0.2, -0.15) is 0 Å². The maximum Gasteiger partial charge on any atom is 0.220 e. The Hall–Kier alpha value is -1.39. The minimum atomic E-state index is -0.292. The Balaban J connectivity index is 1.83. The van der Waals surface area contributed by atoms with Crippen LogP contribution in [0.25, 0.3) is 0 Å². The molecule has 0 saturated carbocycles. The average molecular weight is 318 g/mol. The second-order valence-corrected chi connectivity index (χ2v) is 6.65. The maximum atomic E-state index is 12.1. The normalized spacial score (nSPS) is 21.7. The molecule has 2 unspecified atom stereocenters. The molecule has 128 valence electrons. The van der Waals surface area contributed by atoms with Crippen LogP contribution in [0, 0.1) is 5.92 Å². The van der Waals surface area contributed by atoms with E-state index in [1.165, 1.54) is 5.56 Å². The smallest absolute Gasteiger partial charge is 0.220 e. The molecule has 0 spiro atoms. The van der Waals surface area contributed by atoms with E-state index in [1.807, 2.05) is 18.2 Å². The average Bonchev–Trinajstić information content (AvgIpc) is 2.91. The number of benzene rings is 1. The maximum absolute atomic E-state index is 12.1. The number of aliphatic hydroxyl groups excluding tert-OH is 1. The molecule has 1 aliphatic heterocycles. The monoisotopic (exact) mass is 318 g/mol. The van der Waals surface area contributed by atoms with Gasteiger partial charge in [0.1, 0.15) is 0 Å². The van der Waals surface area contributed by atoms with Gasteiger partial charge in [-0.3, -0.25) is 9.69 Å². The first-order valence-electron chi connectivity index (χ1n) is 8.85. The van der Waals surface area contributed by atoms with E-state index < -0.39 is 0 Å². The van der Waals surface area contributed by atoms with E-state index in [-0.39, 0.29) is 18.1 Å². The third-order valence-corrected chi connectivity index (χ3v) is 4.90. The van der Waals surface area contributed by atoms with Crippen LogP contribution in [0.3, 0.4) is 0 Å². The minimum absolute atomic E-state index is 0.139. The number of likely N-dealkylation sites (tertiary alicyclic amines) is 1. The van der Waals surface area contributed by atoms with Crippen LogP contribution in [0.4, 0.5) is 0 Å². The van der Waals surface area contributed by atoms with Crippen LogP contribution in [0.1, 0.15) is 45.1 Å². The van der Waals surface area contributed by atoms with Crippen LogP contribution in [0.5, 0.6) is 0 Å². The number of rotatable bonds is 8. The molecule has 2 rings (SSSR count). The summed E-state index contributed by atoms with van der Waals surface area (Å²) in [7, 11) is 0. The third kappa shape index (κ3) is 5.63. The van der Waals surface area contributed by atoms with Crippen molar-refractivity contribution in [2.24, 2.45) is 5.92 Å². The Labute approximate surface area is 139 Å². The van der Waals surface area contributed by atoms with Crippen LogP contribution >= 0.6 is 0 Å². The first kappa shape index (κ1) is 18.0. The minimum Gasteiger partial charge on any atom is -0.392 e. The second kappa shape index (κ2) is 9.04. The summed E-state index contributed by atoms with van der Waals surface area (Å²) in [5.74, 6) is 0.615. The Kier molecular flexibility index (Phi) is 7.06. The van der Waals surface area contributed by atoms with Crippen LogP contribution in [-0.4, -0.2) is 41.1 Å². The number of nitrogens with one attached hydrogen (secondary N) is 1. The Morgan fingerprint density at radius 2 is 2.00 bits per heavy atom. The standard InChI is InChI=1S/C19H30N2O2/c1-3-15(4-2)10-19(23)20-12-17-11-18(22)14-21(17)13-16-8-6-5-7-9-16/h5-9,15,17-18,22H,3-4,10-14H2,1-2H3,(H,20,23). The molecule has 1 heterocycles. The number of aliphatic hydroxyl groups is 1. The SMILES string of the molecule is CCC(CC)CC(=O)NCC1CC(O)CN1Cc1ccccc1. The molecular weight excluding hydrogens is 288 g/mol. The summed E-state index contributed by atoms with van der Waals surface area (Å²) in [6.07, 6.45) is 3.15. The van der Waals surface area contributed by atoms with Crippen molar-refractivity contribution in [3.63, 3.8) is 0 Å². The molecule has 1 aromatic rings. The summed E-state index contributed by atoms with van der Waals surface area (Å²) in [5.41, 5.74) is 1.25. The van der Waals surface area contributed by atoms with Crippen molar-refractivity contribution in [2.75, 3.05) is 13.1 Å². The number of carbonyl (C=O) groups is 1. The van der Waals surface area contributed by atoms with E-state index in [2.05, 4.69) is 36.2 Å². The number of nitrogens with zero attached hydrogens (tertiary/aromatic N) is 1. The van der Waals surface area contributed by atoms with E-state index >= 15 is 0 Å². The molecular formula is C19H30N2O2. The zero-order chi connectivity index (χ0) is 16.7. The summed E-state index contributed by atoms with van der Waals surface area (Å²) in [4.78, 5) is 14.4. The summed E-state index contributed by atoms with van der Waals surface area (Å²) in [6, 6.07) is 10.5. The highest BCUT2D eigenvalue weighted by Crippen LogP contribution is 2.20. The number of carbonyl (C=O) groups excluding carboxylic acids is 1. The van der Waals surface area contributed by atoms with Crippen molar-refractivity contribution >= 4 is 5.91 Å². The molecule has 4 heteroatoms. The van der Waals surface area contributed by atoms with Gasteiger partial charge in [-0.25, -0.2) is 0 Å². The van der Waals surface area contributed by atoms with Gasteiger partial charge in [0.15, 0.2) is 0 Å². The Morgan fingerprint density at radius 3 is 2.65 bits per heavy atom. The molecule has 23 heavy (non-hydrogen) atoms. The number of hydrogen-bond donors (Lipinski definition) is 2. The van der Waals surface area contributed by atoms with Gasteiger partial charge in [0.2, 0.25) is 5.91 Å². The molecule has 1 aromatic carbocycles. The van der Waals surface area contributed by atoms with E-state index in [0.717, 1.165) is 25.8 Å². The lowest BCUT2D eigenvalue weighted by Crippen LogP contribution is -2.40. The van der Waals surface area contributed by atoms with E-state index in [4.69, 9.17) is 0 Å². The van der Waals surface area contributed by atoms with Crippen molar-refractivity contribution in [3.05, 3.63) is 35.9 Å². The zero-order valence-corrected chi connectivity index (χ0v) is 14.4. The first-order valence-corrected chi connectivity index (χ1v) is 8.85. The summed E-state index contributed by atoms with van der Waals surface area (Å²) in [6.45, 7) is 6.41. The lowest BCUT2D eigenvalue weighted by Gasteiger charge is -2.24. The van der Waals surface area contributed by atoms with E-state index in [9.17, 15) is 9.90 Å². The van der Waals surface area contributed by atoms with Gasteiger partial charge < -0.3 is 10.4 Å². The number of β-amino-alcohol motifs (C(OH)–C–C–N with tert-alkyl or cyclic N) is 1. The van der Waals surface area contributed by atoms with Gasteiger partial charge in [-0.15, -0.1) is 0 Å². The van der Waals surface area contributed by atoms with Crippen molar-refractivity contribution < 1.29 is 9.90 Å². The third-order valence-electron chi connectivity index (χ3n) is 4.90. The predicted molar refractivity (Wildman–Crippen MR) is 93.0 cm³/mol. The fraction of sp³-hybridized carbons (Fsp3) is 0.632. The van der Waals surface area contributed by atoms with Crippen molar-refractivity contribution in [2.45, 2.75) is 58.2 Å². The van der Waals surface area contributed by atoms with Gasteiger partial charge >= 0.3 is 0 Å². The summed E-state index contributed by atoms with van der Waals surface area (Å²) >= 11 is 0. The lowest BCUT2D eigenvalue weighted by atomic mass is 9.99. The largest absolute Gasteiger partial charge is 0.392 e. The topological polar surface area (TPSA) is 52.6 Å². The van der Waals surface area contributed by atoms with Crippen LogP contribution < -0.4 is 5.32 Å². The first-order chi connectivity index (χ1) is 11.1. The van der Waals surface area contributed by atoms with Crippen LogP contribution in [0.2, 0.25) is 0 Å². The van der Waals surface area contributed by atoms with Crippen molar-refractivity contribution in [3.8, 4) is 0 Å².